The van der Waals surface area contributed by atoms with E-state index in [1.165, 1.54) is 21.3 Å². The molecule has 8 heteroatoms. The van der Waals surface area contributed by atoms with Crippen molar-refractivity contribution >= 4 is 16.9 Å². The second kappa shape index (κ2) is 9.80. The van der Waals surface area contributed by atoms with E-state index in [0.29, 0.717) is 50.7 Å². The normalized spacial score (nSPS) is 10.7. The van der Waals surface area contributed by atoms with Gasteiger partial charge in [0.25, 0.3) is 0 Å². The Bertz CT molecular complexity index is 1450. The van der Waals surface area contributed by atoms with Crippen LogP contribution in [0.5, 0.6) is 28.7 Å². The zero-order valence-electron chi connectivity index (χ0n) is 20.0. The summed E-state index contributed by atoms with van der Waals surface area (Å²) in [7, 11) is 5.98. The molecule has 180 valence electrons. The van der Waals surface area contributed by atoms with Gasteiger partial charge in [-0.15, -0.1) is 0 Å². The molecule has 8 nitrogen and oxygen atoms in total. The predicted molar refractivity (Wildman–Crippen MR) is 130 cm³/mol. The van der Waals surface area contributed by atoms with Gasteiger partial charge in [-0.05, 0) is 55.0 Å². The van der Waals surface area contributed by atoms with Gasteiger partial charge in [-0.25, -0.2) is 9.59 Å². The van der Waals surface area contributed by atoms with Crippen LogP contribution in [0, 0.1) is 6.92 Å². The van der Waals surface area contributed by atoms with Gasteiger partial charge in [0.2, 0.25) is 0 Å². The molecule has 0 spiro atoms. The van der Waals surface area contributed by atoms with Crippen LogP contribution in [-0.2, 0) is 0 Å². The van der Waals surface area contributed by atoms with E-state index in [1.807, 2.05) is 0 Å². The summed E-state index contributed by atoms with van der Waals surface area (Å²) in [5, 5.41) is 0.606. The second-order valence-corrected chi connectivity index (χ2v) is 7.54. The second-order valence-electron chi connectivity index (χ2n) is 7.54. The fourth-order valence-electron chi connectivity index (χ4n) is 3.92. The van der Waals surface area contributed by atoms with Gasteiger partial charge in [0.15, 0.2) is 0 Å². The third-order valence-electron chi connectivity index (χ3n) is 5.66. The monoisotopic (exact) mass is 476 g/mol. The number of esters is 1. The highest BCUT2D eigenvalue weighted by Gasteiger charge is 2.22. The summed E-state index contributed by atoms with van der Waals surface area (Å²) in [5.74, 6) is 1.32. The van der Waals surface area contributed by atoms with Crippen LogP contribution >= 0.6 is 0 Å². The molecular formula is C27H24O8. The van der Waals surface area contributed by atoms with E-state index in [2.05, 4.69) is 0 Å². The number of rotatable bonds is 7. The third kappa shape index (κ3) is 4.38. The van der Waals surface area contributed by atoms with Crippen LogP contribution in [0.2, 0.25) is 0 Å². The van der Waals surface area contributed by atoms with E-state index in [1.54, 1.807) is 68.6 Å². The number of carbonyl (C=O) groups excluding carboxylic acids is 1. The van der Waals surface area contributed by atoms with Crippen LogP contribution in [0.15, 0.2) is 63.8 Å². The number of carbonyl (C=O) groups is 1. The number of methoxy groups -OCH3 is 4. The summed E-state index contributed by atoms with van der Waals surface area (Å²) in [6.07, 6.45) is 0. The lowest BCUT2D eigenvalue weighted by molar-refractivity contribution is 0.0727. The lowest BCUT2D eigenvalue weighted by Gasteiger charge is -2.14. The van der Waals surface area contributed by atoms with Crippen molar-refractivity contribution in [3.8, 4) is 39.9 Å². The van der Waals surface area contributed by atoms with Crippen molar-refractivity contribution < 1.29 is 32.9 Å². The highest BCUT2D eigenvalue weighted by molar-refractivity contribution is 5.97. The third-order valence-corrected chi connectivity index (χ3v) is 5.66. The van der Waals surface area contributed by atoms with Crippen LogP contribution in [0.1, 0.15) is 15.9 Å². The molecule has 0 atom stereocenters. The van der Waals surface area contributed by atoms with Crippen LogP contribution in [0.3, 0.4) is 0 Å². The molecule has 0 aliphatic rings. The van der Waals surface area contributed by atoms with Crippen molar-refractivity contribution in [2.45, 2.75) is 6.92 Å². The molecule has 3 aromatic carbocycles. The van der Waals surface area contributed by atoms with Gasteiger partial charge in [0.05, 0.1) is 34.0 Å². The van der Waals surface area contributed by atoms with Crippen LogP contribution in [0.25, 0.3) is 22.1 Å². The number of hydrogen-bond acceptors (Lipinski definition) is 8. The summed E-state index contributed by atoms with van der Waals surface area (Å²) in [4.78, 5) is 25.9. The molecule has 4 rings (SSSR count). The molecule has 1 aromatic heterocycles. The largest absolute Gasteiger partial charge is 0.497 e. The molecule has 0 N–H and O–H groups in total. The number of benzene rings is 3. The van der Waals surface area contributed by atoms with Gasteiger partial charge in [0, 0.05) is 17.0 Å². The molecule has 0 unspecified atom stereocenters. The number of fused-ring (bicyclic) bond motifs is 1. The Morgan fingerprint density at radius 2 is 1.43 bits per heavy atom. The highest BCUT2D eigenvalue weighted by atomic mass is 16.5. The van der Waals surface area contributed by atoms with Gasteiger partial charge in [-0.2, -0.15) is 0 Å². The average Bonchev–Trinajstić information content (AvgIpc) is 2.88. The summed E-state index contributed by atoms with van der Waals surface area (Å²) in [6, 6.07) is 15.0. The van der Waals surface area contributed by atoms with E-state index in [0.717, 1.165) is 0 Å². The van der Waals surface area contributed by atoms with Crippen molar-refractivity contribution in [3.63, 3.8) is 0 Å². The molecule has 0 fully saturated rings. The first kappa shape index (κ1) is 23.7. The van der Waals surface area contributed by atoms with Gasteiger partial charge in [-0.3, -0.25) is 0 Å². The van der Waals surface area contributed by atoms with Crippen molar-refractivity contribution in [2.75, 3.05) is 28.4 Å². The first-order valence-corrected chi connectivity index (χ1v) is 10.6. The molecule has 0 saturated heterocycles. The smallest absolute Gasteiger partial charge is 0.351 e. The molecule has 0 saturated carbocycles. The number of ether oxygens (including phenoxy) is 5. The van der Waals surface area contributed by atoms with E-state index in [9.17, 15) is 9.59 Å². The fourth-order valence-corrected chi connectivity index (χ4v) is 3.92. The van der Waals surface area contributed by atoms with Gasteiger partial charge in [0.1, 0.15) is 39.9 Å². The Morgan fingerprint density at radius 3 is 2.06 bits per heavy atom. The summed E-state index contributed by atoms with van der Waals surface area (Å²) >= 11 is 0. The molecule has 0 aliphatic carbocycles. The van der Waals surface area contributed by atoms with Crippen LogP contribution in [-0.4, -0.2) is 34.4 Å². The van der Waals surface area contributed by atoms with Gasteiger partial charge < -0.3 is 28.1 Å². The average molecular weight is 476 g/mol. The molecule has 4 aromatic rings. The van der Waals surface area contributed by atoms with E-state index >= 15 is 0 Å². The van der Waals surface area contributed by atoms with Gasteiger partial charge >= 0.3 is 11.6 Å². The maximum atomic E-state index is 13.0. The minimum Gasteiger partial charge on any atom is -0.497 e. The van der Waals surface area contributed by atoms with Gasteiger partial charge in [-0.1, -0.05) is 6.07 Å². The molecule has 0 radical (unpaired) electrons. The summed E-state index contributed by atoms with van der Waals surface area (Å²) in [6.45, 7) is 1.80. The van der Waals surface area contributed by atoms with E-state index < -0.39 is 11.6 Å². The molecular weight excluding hydrogens is 452 g/mol. The van der Waals surface area contributed by atoms with Crippen molar-refractivity contribution in [1.29, 1.82) is 0 Å². The Hall–Kier alpha value is -4.46. The standard InChI is InChI=1S/C27H24O8/c1-15-19-13-17(34-27(29)25-21(31-3)7-6-8-22(25)32-4)10-12-20(19)35-26(28)24(15)18-11-9-16(30-2)14-23(18)33-5/h6-14H,1-5H3. The minimum absolute atomic E-state index is 0.164. The Morgan fingerprint density at radius 1 is 0.771 bits per heavy atom. The quantitative estimate of drug-likeness (QED) is 0.209. The lowest BCUT2D eigenvalue weighted by Crippen LogP contribution is -2.12. The molecule has 0 amide bonds. The molecule has 0 bridgehead atoms. The zero-order chi connectivity index (χ0) is 25.1. The first-order chi connectivity index (χ1) is 16.9. The predicted octanol–water partition coefficient (Wildman–Crippen LogP) is 5.02. The maximum absolute atomic E-state index is 13.0. The topological polar surface area (TPSA) is 93.4 Å². The Balaban J connectivity index is 1.79. The van der Waals surface area contributed by atoms with Crippen molar-refractivity contribution in [3.05, 3.63) is 76.1 Å². The number of hydrogen-bond donors (Lipinski definition) is 0. The number of aryl methyl sites for hydroxylation is 1. The Kier molecular flexibility index (Phi) is 6.64. The van der Waals surface area contributed by atoms with Crippen LogP contribution in [0.4, 0.5) is 0 Å². The SMILES string of the molecule is COc1ccc(-c2c(C)c3cc(OC(=O)c4c(OC)cccc4OC)ccc3oc2=O)c(OC)c1. The summed E-state index contributed by atoms with van der Waals surface area (Å²) < 4.78 is 32.6. The minimum atomic E-state index is -0.647. The lowest BCUT2D eigenvalue weighted by atomic mass is 9.98. The fraction of sp³-hybridized carbons (Fsp3) is 0.185. The molecule has 0 aliphatic heterocycles. The summed E-state index contributed by atoms with van der Waals surface area (Å²) in [5.41, 5.74) is 1.56. The van der Waals surface area contributed by atoms with Crippen molar-refractivity contribution in [1.82, 2.24) is 0 Å². The first-order valence-electron chi connectivity index (χ1n) is 10.6. The van der Waals surface area contributed by atoms with E-state index in [4.69, 9.17) is 28.1 Å². The highest BCUT2D eigenvalue weighted by Crippen LogP contribution is 2.36. The van der Waals surface area contributed by atoms with Crippen molar-refractivity contribution in [2.24, 2.45) is 0 Å². The van der Waals surface area contributed by atoms with Crippen LogP contribution < -0.4 is 29.3 Å². The molecule has 35 heavy (non-hydrogen) atoms. The Labute approximate surface area is 201 Å². The van der Waals surface area contributed by atoms with E-state index in [-0.39, 0.29) is 11.3 Å². The molecule has 1 heterocycles. The zero-order valence-corrected chi connectivity index (χ0v) is 20.0. The maximum Gasteiger partial charge on any atom is 0.351 e.